The first-order chi connectivity index (χ1) is 7.65. The molecule has 16 heavy (non-hydrogen) atoms. The molecule has 0 aliphatic carbocycles. The number of hydrogen-bond acceptors (Lipinski definition) is 2. The summed E-state index contributed by atoms with van der Waals surface area (Å²) in [6.45, 7) is 2.07. The van der Waals surface area contributed by atoms with Crippen molar-refractivity contribution in [2.24, 2.45) is 5.73 Å². The molecule has 0 saturated carbocycles. The van der Waals surface area contributed by atoms with Crippen LogP contribution in [0.4, 0.5) is 4.39 Å². The van der Waals surface area contributed by atoms with Crippen LogP contribution in [0.25, 0.3) is 10.9 Å². The molecule has 2 rings (SSSR count). The maximum absolute atomic E-state index is 13.5. The highest BCUT2D eigenvalue weighted by Crippen LogP contribution is 2.25. The zero-order valence-corrected chi connectivity index (χ0v) is 9.01. The summed E-state index contributed by atoms with van der Waals surface area (Å²) in [7, 11) is 0. The number of hydrogen-bond donors (Lipinski definition) is 2. The molecule has 84 valence electrons. The van der Waals surface area contributed by atoms with Gasteiger partial charge in [-0.1, -0.05) is 12.1 Å². The van der Waals surface area contributed by atoms with Crippen molar-refractivity contribution in [3.63, 3.8) is 0 Å². The highest BCUT2D eigenvalue weighted by atomic mass is 19.1. The monoisotopic (exact) mass is 220 g/mol. The Bertz CT molecular complexity index is 545. The average Bonchev–Trinajstić information content (AvgIpc) is 2.56. The summed E-state index contributed by atoms with van der Waals surface area (Å²) in [5, 5.41) is 0.635. The molecule has 0 saturated heterocycles. The molecule has 0 atom stereocenters. The van der Waals surface area contributed by atoms with E-state index in [-0.39, 0.29) is 18.0 Å². The number of nitrogens with one attached hydrogen (secondary N) is 1. The summed E-state index contributed by atoms with van der Waals surface area (Å²) in [5.41, 5.74) is 6.99. The maximum atomic E-state index is 13.5. The van der Waals surface area contributed by atoms with Gasteiger partial charge >= 0.3 is 0 Å². The third-order valence-corrected chi connectivity index (χ3v) is 2.62. The van der Waals surface area contributed by atoms with Crippen LogP contribution in [-0.2, 0) is 0 Å². The lowest BCUT2D eigenvalue weighted by molar-refractivity contribution is 0.0986. The second kappa shape index (κ2) is 4.06. The van der Waals surface area contributed by atoms with E-state index in [9.17, 15) is 9.18 Å². The van der Waals surface area contributed by atoms with Crippen molar-refractivity contribution in [2.75, 3.05) is 6.54 Å². The minimum Gasteiger partial charge on any atom is -0.356 e. The van der Waals surface area contributed by atoms with Crippen molar-refractivity contribution >= 4 is 16.7 Å². The number of fused-ring (bicyclic) bond motifs is 1. The van der Waals surface area contributed by atoms with Crippen LogP contribution < -0.4 is 5.73 Å². The van der Waals surface area contributed by atoms with E-state index < -0.39 is 0 Å². The largest absolute Gasteiger partial charge is 0.356 e. The van der Waals surface area contributed by atoms with Gasteiger partial charge in [-0.15, -0.1) is 0 Å². The van der Waals surface area contributed by atoms with E-state index in [1.807, 2.05) is 0 Å². The summed E-state index contributed by atoms with van der Waals surface area (Å²) >= 11 is 0. The molecule has 0 aliphatic heterocycles. The number of aromatic nitrogens is 1. The van der Waals surface area contributed by atoms with Crippen molar-refractivity contribution in [3.05, 3.63) is 35.3 Å². The molecule has 0 radical (unpaired) electrons. The Morgan fingerprint density at radius 3 is 2.94 bits per heavy atom. The average molecular weight is 220 g/mol. The van der Waals surface area contributed by atoms with Crippen molar-refractivity contribution in [3.8, 4) is 0 Å². The fourth-order valence-corrected chi connectivity index (χ4v) is 1.93. The molecular formula is C12H13FN2O. The zero-order valence-electron chi connectivity index (χ0n) is 9.01. The van der Waals surface area contributed by atoms with Gasteiger partial charge in [-0.05, 0) is 19.5 Å². The Balaban J connectivity index is 2.65. The number of H-pyrrole nitrogens is 1. The molecule has 3 nitrogen and oxygen atoms in total. The van der Waals surface area contributed by atoms with Crippen molar-refractivity contribution in [1.82, 2.24) is 4.98 Å². The Labute approximate surface area is 92.4 Å². The van der Waals surface area contributed by atoms with Gasteiger partial charge in [-0.3, -0.25) is 4.79 Å². The SMILES string of the molecule is Cc1[nH]c2c(F)cccc2c1C(=O)CCN. The summed E-state index contributed by atoms with van der Waals surface area (Å²) < 4.78 is 13.5. The molecule has 2 aromatic rings. The fraction of sp³-hybridized carbons (Fsp3) is 0.250. The lowest BCUT2D eigenvalue weighted by Gasteiger charge is -1.98. The zero-order chi connectivity index (χ0) is 11.7. The molecule has 3 N–H and O–H groups in total. The van der Waals surface area contributed by atoms with E-state index in [1.165, 1.54) is 6.07 Å². The van der Waals surface area contributed by atoms with Crippen molar-refractivity contribution < 1.29 is 9.18 Å². The Morgan fingerprint density at radius 1 is 1.50 bits per heavy atom. The van der Waals surface area contributed by atoms with Crippen LogP contribution >= 0.6 is 0 Å². The number of carbonyl (C=O) groups excluding carboxylic acids is 1. The highest BCUT2D eigenvalue weighted by Gasteiger charge is 2.16. The highest BCUT2D eigenvalue weighted by molar-refractivity contribution is 6.09. The van der Waals surface area contributed by atoms with Crippen LogP contribution in [0.2, 0.25) is 0 Å². The number of aromatic amines is 1. The van der Waals surface area contributed by atoms with Crippen LogP contribution in [0.5, 0.6) is 0 Å². The predicted molar refractivity (Wildman–Crippen MR) is 61.0 cm³/mol. The second-order valence-electron chi connectivity index (χ2n) is 3.75. The molecule has 1 heterocycles. The molecule has 1 aromatic carbocycles. The van der Waals surface area contributed by atoms with E-state index in [4.69, 9.17) is 5.73 Å². The van der Waals surface area contributed by atoms with Crippen LogP contribution in [0.1, 0.15) is 22.5 Å². The summed E-state index contributed by atoms with van der Waals surface area (Å²) in [6.07, 6.45) is 0.282. The number of para-hydroxylation sites is 1. The van der Waals surface area contributed by atoms with E-state index in [0.29, 0.717) is 28.7 Å². The quantitative estimate of drug-likeness (QED) is 0.778. The van der Waals surface area contributed by atoms with Gasteiger partial charge in [0.05, 0.1) is 5.52 Å². The van der Waals surface area contributed by atoms with E-state index >= 15 is 0 Å². The Hall–Kier alpha value is -1.68. The molecule has 0 aliphatic rings. The first-order valence-electron chi connectivity index (χ1n) is 5.15. The molecule has 0 amide bonds. The topological polar surface area (TPSA) is 58.9 Å². The number of aryl methyl sites for hydroxylation is 1. The summed E-state index contributed by atoms with van der Waals surface area (Å²) in [6, 6.07) is 4.71. The Kier molecular flexibility index (Phi) is 2.75. The minimum atomic E-state index is -0.340. The maximum Gasteiger partial charge on any atom is 0.166 e. The summed E-state index contributed by atoms with van der Waals surface area (Å²) in [4.78, 5) is 14.7. The third-order valence-electron chi connectivity index (χ3n) is 2.62. The van der Waals surface area contributed by atoms with Gasteiger partial charge in [-0.25, -0.2) is 4.39 Å². The number of carbonyl (C=O) groups is 1. The number of benzene rings is 1. The number of ketones is 1. The lowest BCUT2D eigenvalue weighted by atomic mass is 10.0. The normalized spacial score (nSPS) is 10.9. The van der Waals surface area contributed by atoms with Crippen molar-refractivity contribution in [2.45, 2.75) is 13.3 Å². The van der Waals surface area contributed by atoms with E-state index in [1.54, 1.807) is 19.1 Å². The molecular weight excluding hydrogens is 207 g/mol. The predicted octanol–water partition coefficient (Wildman–Crippen LogP) is 2.15. The lowest BCUT2D eigenvalue weighted by Crippen LogP contribution is -2.08. The first kappa shape index (κ1) is 10.8. The number of Topliss-reactive ketones (excluding diaryl/α,β-unsaturated/α-hetero) is 1. The summed E-state index contributed by atoms with van der Waals surface area (Å²) in [5.74, 6) is -0.385. The minimum absolute atomic E-state index is 0.0446. The van der Waals surface area contributed by atoms with Crippen LogP contribution in [-0.4, -0.2) is 17.3 Å². The molecule has 0 spiro atoms. The number of rotatable bonds is 3. The first-order valence-corrected chi connectivity index (χ1v) is 5.15. The molecule has 1 aromatic heterocycles. The number of nitrogens with two attached hydrogens (primary N) is 1. The van der Waals surface area contributed by atoms with Gasteiger partial charge in [-0.2, -0.15) is 0 Å². The van der Waals surface area contributed by atoms with Gasteiger partial charge < -0.3 is 10.7 Å². The molecule has 0 unspecified atom stereocenters. The van der Waals surface area contributed by atoms with Crippen LogP contribution in [0.15, 0.2) is 18.2 Å². The molecule has 4 heteroatoms. The smallest absolute Gasteiger partial charge is 0.166 e. The Morgan fingerprint density at radius 2 is 2.25 bits per heavy atom. The van der Waals surface area contributed by atoms with Crippen LogP contribution in [0, 0.1) is 12.7 Å². The van der Waals surface area contributed by atoms with Gasteiger partial charge in [0.15, 0.2) is 5.78 Å². The van der Waals surface area contributed by atoms with E-state index in [0.717, 1.165) is 0 Å². The number of halogens is 1. The molecule has 0 bridgehead atoms. The third kappa shape index (κ3) is 1.61. The van der Waals surface area contributed by atoms with E-state index in [2.05, 4.69) is 4.98 Å². The van der Waals surface area contributed by atoms with Gasteiger partial charge in [0.25, 0.3) is 0 Å². The standard InChI is InChI=1S/C12H13FN2O/c1-7-11(10(16)5-6-14)8-3-2-4-9(13)12(8)15-7/h2-4,15H,5-6,14H2,1H3. The van der Waals surface area contributed by atoms with Gasteiger partial charge in [0.1, 0.15) is 5.82 Å². The molecule has 0 fully saturated rings. The van der Waals surface area contributed by atoms with Crippen molar-refractivity contribution in [1.29, 1.82) is 0 Å². The fourth-order valence-electron chi connectivity index (χ4n) is 1.93. The van der Waals surface area contributed by atoms with Crippen LogP contribution in [0.3, 0.4) is 0 Å². The second-order valence-corrected chi connectivity index (χ2v) is 3.75. The van der Waals surface area contributed by atoms with Gasteiger partial charge in [0.2, 0.25) is 0 Å². The van der Waals surface area contributed by atoms with Gasteiger partial charge in [0, 0.05) is 23.1 Å².